The van der Waals surface area contributed by atoms with Crippen LogP contribution >= 0.6 is 7.67 Å². The van der Waals surface area contributed by atoms with Gasteiger partial charge in [0.25, 0.3) is 0 Å². The highest BCUT2D eigenvalue weighted by molar-refractivity contribution is 7.56. The van der Waals surface area contributed by atoms with Crippen molar-refractivity contribution in [3.05, 3.63) is 29.8 Å². The molecule has 1 heterocycles. The summed E-state index contributed by atoms with van der Waals surface area (Å²) in [6.45, 7) is 1.35. The van der Waals surface area contributed by atoms with Crippen molar-refractivity contribution in [1.82, 2.24) is 4.67 Å². The Labute approximate surface area is 144 Å². The molecule has 1 atom stereocenters. The third kappa shape index (κ3) is 5.14. The van der Waals surface area contributed by atoms with Gasteiger partial charge in [-0.25, -0.2) is 14.0 Å². The van der Waals surface area contributed by atoms with Crippen LogP contribution in [0.1, 0.15) is 12.5 Å². The van der Waals surface area contributed by atoms with Crippen LogP contribution in [0.25, 0.3) is 0 Å². The number of ether oxygens (including phenoxy) is 2. The number of carbonyl (C=O) groups excluding carboxylic acids is 2. The minimum Gasteiger partial charge on any atom is -0.447 e. The zero-order chi connectivity index (χ0) is 18.3. The number of amides is 1. The third-order valence-corrected chi connectivity index (χ3v) is 4.85. The Kier molecular flexibility index (Phi) is 6.28. The van der Waals surface area contributed by atoms with E-state index in [9.17, 15) is 14.2 Å². The van der Waals surface area contributed by atoms with Crippen LogP contribution in [-0.4, -0.2) is 49.1 Å². The lowest BCUT2D eigenvalue weighted by molar-refractivity contribution is -0.120. The van der Waals surface area contributed by atoms with E-state index in [0.717, 1.165) is 4.67 Å². The summed E-state index contributed by atoms with van der Waals surface area (Å²) in [5.74, 6) is 0.0253. The van der Waals surface area contributed by atoms with Gasteiger partial charge in [0.05, 0.1) is 24.8 Å². The summed E-state index contributed by atoms with van der Waals surface area (Å²) >= 11 is 0. The molecular weight excluding hydrogens is 349 g/mol. The Bertz CT molecular complexity index is 756. The highest BCUT2D eigenvalue weighted by Crippen LogP contribution is 2.53. The molecule has 0 radical (unpaired) electrons. The lowest BCUT2D eigenvalue weighted by atomic mass is 10.2. The van der Waals surface area contributed by atoms with E-state index in [0.29, 0.717) is 5.56 Å². The van der Waals surface area contributed by atoms with Crippen molar-refractivity contribution in [3.63, 3.8) is 0 Å². The SMILES string of the molecule is CC(=O)COCC=NP(=O)(Oc1ccc(C#N)cc1)N1CCOC1=O. The van der Waals surface area contributed by atoms with Crippen LogP contribution in [0.15, 0.2) is 29.0 Å². The van der Waals surface area contributed by atoms with Gasteiger partial charge in [-0.2, -0.15) is 10.0 Å². The van der Waals surface area contributed by atoms with Crippen LogP contribution in [-0.2, 0) is 18.8 Å². The van der Waals surface area contributed by atoms with Gasteiger partial charge in [0.1, 0.15) is 19.0 Å². The molecule has 0 bridgehead atoms. The lowest BCUT2D eigenvalue weighted by Gasteiger charge is -2.21. The van der Waals surface area contributed by atoms with Crippen molar-refractivity contribution < 1.29 is 28.2 Å². The molecule has 1 saturated heterocycles. The van der Waals surface area contributed by atoms with Gasteiger partial charge < -0.3 is 14.0 Å². The first-order valence-electron chi connectivity index (χ1n) is 7.30. The largest absolute Gasteiger partial charge is 0.472 e. The Morgan fingerprint density at radius 1 is 1.48 bits per heavy atom. The molecule has 1 unspecified atom stereocenters. The van der Waals surface area contributed by atoms with Crippen LogP contribution < -0.4 is 4.52 Å². The standard InChI is InChI=1S/C15H16N3O6P/c1-12(19)11-22-8-6-17-25(21,18-7-9-23-15(18)20)24-14-4-2-13(10-16)3-5-14/h2-6H,7-9,11H2,1H3. The van der Waals surface area contributed by atoms with Gasteiger partial charge in [0.2, 0.25) is 0 Å². The maximum Gasteiger partial charge on any atom is 0.472 e. The Hall–Kier alpha value is -2.69. The van der Waals surface area contributed by atoms with E-state index in [2.05, 4.69) is 4.76 Å². The minimum atomic E-state index is -3.95. The molecule has 2 rings (SSSR count). The molecule has 0 spiro atoms. The number of rotatable bonds is 8. The van der Waals surface area contributed by atoms with Gasteiger partial charge in [-0.15, -0.1) is 0 Å². The summed E-state index contributed by atoms with van der Waals surface area (Å²) in [7, 11) is -3.95. The van der Waals surface area contributed by atoms with Gasteiger partial charge in [-0.3, -0.25) is 4.79 Å². The summed E-state index contributed by atoms with van der Waals surface area (Å²) in [5.41, 5.74) is 0.406. The fourth-order valence-corrected chi connectivity index (χ4v) is 3.41. The molecule has 25 heavy (non-hydrogen) atoms. The summed E-state index contributed by atoms with van der Waals surface area (Å²) < 4.78 is 33.1. The average Bonchev–Trinajstić information content (AvgIpc) is 3.02. The normalized spacial score (nSPS) is 16.3. The first-order valence-corrected chi connectivity index (χ1v) is 8.83. The predicted octanol–water partition coefficient (Wildman–Crippen LogP) is 2.17. The molecule has 10 heteroatoms. The first kappa shape index (κ1) is 18.6. The molecule has 1 amide bonds. The maximum absolute atomic E-state index is 13.1. The van der Waals surface area contributed by atoms with E-state index in [1.807, 2.05) is 6.07 Å². The third-order valence-electron chi connectivity index (χ3n) is 2.98. The fourth-order valence-electron chi connectivity index (χ4n) is 1.87. The smallest absolute Gasteiger partial charge is 0.447 e. The molecule has 1 fully saturated rings. The topological polar surface area (TPSA) is 118 Å². The second kappa shape index (κ2) is 8.42. The monoisotopic (exact) mass is 365 g/mol. The van der Waals surface area contributed by atoms with E-state index in [4.69, 9.17) is 19.3 Å². The zero-order valence-electron chi connectivity index (χ0n) is 13.5. The van der Waals surface area contributed by atoms with Crippen LogP contribution in [0.3, 0.4) is 0 Å². The zero-order valence-corrected chi connectivity index (χ0v) is 14.3. The molecule has 9 nitrogen and oxygen atoms in total. The van der Waals surface area contributed by atoms with Gasteiger partial charge in [0.15, 0.2) is 5.78 Å². The van der Waals surface area contributed by atoms with Crippen molar-refractivity contribution >= 4 is 25.8 Å². The quantitative estimate of drug-likeness (QED) is 0.393. The molecule has 0 saturated carbocycles. The predicted molar refractivity (Wildman–Crippen MR) is 87.4 cm³/mol. The van der Waals surface area contributed by atoms with E-state index in [1.165, 1.54) is 37.4 Å². The van der Waals surface area contributed by atoms with E-state index < -0.39 is 13.8 Å². The van der Waals surface area contributed by atoms with Crippen molar-refractivity contribution in [2.75, 3.05) is 26.4 Å². The Balaban J connectivity index is 2.15. The Morgan fingerprint density at radius 2 is 2.20 bits per heavy atom. The number of nitriles is 1. The lowest BCUT2D eigenvalue weighted by Crippen LogP contribution is -2.23. The molecular formula is C15H16N3O6P. The second-order valence-corrected chi connectivity index (χ2v) is 6.85. The van der Waals surface area contributed by atoms with Gasteiger partial charge in [-0.1, -0.05) is 0 Å². The van der Waals surface area contributed by atoms with Gasteiger partial charge in [-0.05, 0) is 31.2 Å². The van der Waals surface area contributed by atoms with Gasteiger partial charge in [0, 0.05) is 6.21 Å². The number of hydrogen-bond acceptors (Lipinski definition) is 7. The maximum atomic E-state index is 13.1. The molecule has 0 aliphatic carbocycles. The molecule has 1 aromatic carbocycles. The summed E-state index contributed by atoms with van der Waals surface area (Å²) in [5, 5.41) is 8.80. The Morgan fingerprint density at radius 3 is 2.76 bits per heavy atom. The minimum absolute atomic E-state index is 0.0663. The van der Waals surface area contributed by atoms with Crippen LogP contribution in [0.5, 0.6) is 5.75 Å². The molecule has 1 aromatic rings. The highest BCUT2D eigenvalue weighted by atomic mass is 31.2. The van der Waals surface area contributed by atoms with Crippen LogP contribution in [0.2, 0.25) is 0 Å². The van der Waals surface area contributed by atoms with Crippen molar-refractivity contribution in [1.29, 1.82) is 5.26 Å². The van der Waals surface area contributed by atoms with Crippen molar-refractivity contribution in [2.45, 2.75) is 6.92 Å². The highest BCUT2D eigenvalue weighted by Gasteiger charge is 2.41. The van der Waals surface area contributed by atoms with Crippen LogP contribution in [0.4, 0.5) is 4.79 Å². The summed E-state index contributed by atoms with van der Waals surface area (Å²) in [6, 6.07) is 7.83. The number of hydrogen-bond donors (Lipinski definition) is 0. The number of nitrogens with zero attached hydrogens (tertiary/aromatic N) is 3. The molecule has 1 aliphatic rings. The number of benzene rings is 1. The fraction of sp³-hybridized carbons (Fsp3) is 0.333. The number of Topliss-reactive ketones (excluding diaryl/α,β-unsaturated/α-hetero) is 1. The van der Waals surface area contributed by atoms with Crippen LogP contribution in [0, 0.1) is 11.3 Å². The molecule has 1 aliphatic heterocycles. The van der Waals surface area contributed by atoms with E-state index >= 15 is 0 Å². The second-order valence-electron chi connectivity index (χ2n) is 4.97. The van der Waals surface area contributed by atoms with Crippen molar-refractivity contribution in [3.8, 4) is 11.8 Å². The van der Waals surface area contributed by atoms with E-state index in [-0.39, 0.29) is 37.9 Å². The van der Waals surface area contributed by atoms with Gasteiger partial charge >= 0.3 is 13.8 Å². The molecule has 0 aromatic heterocycles. The number of carbonyl (C=O) groups is 2. The average molecular weight is 365 g/mol. The molecule has 0 N–H and O–H groups in total. The summed E-state index contributed by atoms with van der Waals surface area (Å²) in [6.07, 6.45) is 0.387. The number of ketones is 1. The van der Waals surface area contributed by atoms with E-state index in [1.54, 1.807) is 0 Å². The number of cyclic esters (lactones) is 1. The first-order chi connectivity index (χ1) is 11.9. The summed E-state index contributed by atoms with van der Waals surface area (Å²) in [4.78, 5) is 22.6. The molecule has 132 valence electrons. The van der Waals surface area contributed by atoms with Crippen molar-refractivity contribution in [2.24, 2.45) is 4.76 Å².